The van der Waals surface area contributed by atoms with Crippen LogP contribution in [0.15, 0.2) is 18.2 Å². The van der Waals surface area contributed by atoms with E-state index in [1.165, 1.54) is 5.56 Å². The maximum absolute atomic E-state index is 11.6. The van der Waals surface area contributed by atoms with E-state index in [2.05, 4.69) is 16.0 Å². The van der Waals surface area contributed by atoms with Crippen molar-refractivity contribution in [3.63, 3.8) is 0 Å². The normalized spacial score (nSPS) is 10.2. The Balaban J connectivity index is 2.44. The molecule has 0 bridgehead atoms. The first-order valence-electron chi connectivity index (χ1n) is 6.30. The molecule has 1 rings (SSSR count). The number of benzene rings is 1. The first-order valence-corrected chi connectivity index (χ1v) is 6.30. The van der Waals surface area contributed by atoms with E-state index in [9.17, 15) is 9.59 Å². The number of hydrogen-bond acceptors (Lipinski definition) is 3. The molecule has 0 aromatic heterocycles. The predicted molar refractivity (Wildman–Crippen MR) is 76.2 cm³/mol. The maximum atomic E-state index is 11.6. The minimum absolute atomic E-state index is 0.0000946. The van der Waals surface area contributed by atoms with E-state index in [1.807, 2.05) is 45.9 Å². The van der Waals surface area contributed by atoms with E-state index in [-0.39, 0.29) is 18.5 Å². The highest BCUT2D eigenvalue weighted by Crippen LogP contribution is 2.15. The van der Waals surface area contributed by atoms with Crippen LogP contribution in [0, 0.1) is 13.8 Å². The molecule has 3 amide bonds. The fourth-order valence-corrected chi connectivity index (χ4v) is 1.66. The molecule has 0 aliphatic carbocycles. The van der Waals surface area contributed by atoms with Gasteiger partial charge in [0, 0.05) is 11.7 Å². The molecule has 0 aliphatic rings. The zero-order chi connectivity index (χ0) is 14.4. The molecule has 0 fully saturated rings. The summed E-state index contributed by atoms with van der Waals surface area (Å²) in [5, 5.41) is 7.86. The fraction of sp³-hybridized carbons (Fsp3) is 0.429. The number of carbonyl (C=O) groups is 2. The van der Waals surface area contributed by atoms with E-state index in [1.54, 1.807) is 0 Å². The number of amides is 3. The van der Waals surface area contributed by atoms with Crippen molar-refractivity contribution in [1.29, 1.82) is 0 Å². The lowest BCUT2D eigenvalue weighted by Gasteiger charge is -2.11. The highest BCUT2D eigenvalue weighted by Gasteiger charge is 2.08. The number of hydrogen-bond donors (Lipinski definition) is 3. The third-order valence-electron chi connectivity index (χ3n) is 2.49. The van der Waals surface area contributed by atoms with Crippen LogP contribution in [-0.2, 0) is 4.79 Å². The van der Waals surface area contributed by atoms with Crippen LogP contribution in [0.4, 0.5) is 10.5 Å². The second-order valence-electron chi connectivity index (χ2n) is 4.85. The van der Waals surface area contributed by atoms with Crippen molar-refractivity contribution in [1.82, 2.24) is 10.6 Å². The Labute approximate surface area is 113 Å². The van der Waals surface area contributed by atoms with Gasteiger partial charge in [-0.2, -0.15) is 0 Å². The maximum Gasteiger partial charge on any atom is 0.321 e. The van der Waals surface area contributed by atoms with Crippen LogP contribution in [0.1, 0.15) is 25.0 Å². The molecule has 0 heterocycles. The van der Waals surface area contributed by atoms with Crippen molar-refractivity contribution in [3.05, 3.63) is 29.3 Å². The summed E-state index contributed by atoms with van der Waals surface area (Å²) in [6.07, 6.45) is 0. The van der Waals surface area contributed by atoms with Crippen LogP contribution in [-0.4, -0.2) is 24.5 Å². The fourth-order valence-electron chi connectivity index (χ4n) is 1.66. The number of nitrogens with one attached hydrogen (secondary N) is 3. The molecule has 104 valence electrons. The summed E-state index contributed by atoms with van der Waals surface area (Å²) in [6.45, 7) is 7.71. The van der Waals surface area contributed by atoms with E-state index < -0.39 is 6.03 Å². The van der Waals surface area contributed by atoms with Crippen molar-refractivity contribution >= 4 is 17.6 Å². The molecule has 0 spiro atoms. The molecule has 5 nitrogen and oxygen atoms in total. The van der Waals surface area contributed by atoms with Crippen molar-refractivity contribution in [2.24, 2.45) is 0 Å². The Morgan fingerprint density at radius 2 is 1.89 bits per heavy atom. The topological polar surface area (TPSA) is 70.2 Å². The quantitative estimate of drug-likeness (QED) is 0.777. The Morgan fingerprint density at radius 3 is 2.47 bits per heavy atom. The molecule has 1 aromatic rings. The Morgan fingerprint density at radius 1 is 1.21 bits per heavy atom. The van der Waals surface area contributed by atoms with Gasteiger partial charge in [-0.15, -0.1) is 0 Å². The minimum atomic E-state index is -0.470. The second kappa shape index (κ2) is 6.78. The summed E-state index contributed by atoms with van der Waals surface area (Å²) in [6, 6.07) is 5.46. The summed E-state index contributed by atoms with van der Waals surface area (Å²) < 4.78 is 0. The van der Waals surface area contributed by atoms with E-state index in [0.717, 1.165) is 11.3 Å². The van der Waals surface area contributed by atoms with E-state index >= 15 is 0 Å². The van der Waals surface area contributed by atoms with Gasteiger partial charge in [0.05, 0.1) is 6.54 Å². The number of urea groups is 1. The Kier molecular flexibility index (Phi) is 5.36. The minimum Gasteiger partial charge on any atom is -0.376 e. The van der Waals surface area contributed by atoms with Gasteiger partial charge in [0.2, 0.25) is 5.91 Å². The highest BCUT2D eigenvalue weighted by molar-refractivity contribution is 5.96. The third-order valence-corrected chi connectivity index (χ3v) is 2.49. The summed E-state index contributed by atoms with van der Waals surface area (Å²) in [5.74, 6) is -0.363. The van der Waals surface area contributed by atoms with Crippen LogP contribution >= 0.6 is 0 Å². The zero-order valence-electron chi connectivity index (χ0n) is 11.8. The molecule has 1 aromatic carbocycles. The van der Waals surface area contributed by atoms with Crippen LogP contribution in [0.5, 0.6) is 0 Å². The average molecular weight is 263 g/mol. The number of carbonyl (C=O) groups excluding carboxylic acids is 2. The number of rotatable bonds is 4. The molecule has 0 saturated carbocycles. The molecule has 5 heteroatoms. The van der Waals surface area contributed by atoms with Gasteiger partial charge >= 0.3 is 6.03 Å². The number of aryl methyl sites for hydroxylation is 2. The SMILES string of the molecule is Cc1ccc(NCC(=O)NC(=O)NC(C)C)c(C)c1. The first kappa shape index (κ1) is 15.0. The van der Waals surface area contributed by atoms with Crippen LogP contribution in [0.25, 0.3) is 0 Å². The monoisotopic (exact) mass is 263 g/mol. The largest absolute Gasteiger partial charge is 0.376 e. The van der Waals surface area contributed by atoms with Gasteiger partial charge in [-0.05, 0) is 39.3 Å². The average Bonchev–Trinajstić information content (AvgIpc) is 2.26. The third kappa shape index (κ3) is 5.42. The second-order valence-corrected chi connectivity index (χ2v) is 4.85. The van der Waals surface area contributed by atoms with Gasteiger partial charge in [0.25, 0.3) is 0 Å². The summed E-state index contributed by atoms with van der Waals surface area (Å²) >= 11 is 0. The van der Waals surface area contributed by atoms with Gasteiger partial charge in [0.15, 0.2) is 0 Å². The number of anilines is 1. The van der Waals surface area contributed by atoms with Crippen LogP contribution in [0.3, 0.4) is 0 Å². The van der Waals surface area contributed by atoms with Crippen LogP contribution in [0.2, 0.25) is 0 Å². The van der Waals surface area contributed by atoms with Gasteiger partial charge in [0.1, 0.15) is 0 Å². The van der Waals surface area contributed by atoms with E-state index in [0.29, 0.717) is 0 Å². The standard InChI is InChI=1S/C14H21N3O2/c1-9(2)16-14(19)17-13(18)8-15-12-6-5-10(3)7-11(12)4/h5-7,9,15H,8H2,1-4H3,(H2,16,17,18,19). The molecule has 0 radical (unpaired) electrons. The zero-order valence-corrected chi connectivity index (χ0v) is 11.8. The molecule has 0 aliphatic heterocycles. The molecular formula is C14H21N3O2. The molecular weight excluding hydrogens is 242 g/mol. The lowest BCUT2D eigenvalue weighted by atomic mass is 10.1. The van der Waals surface area contributed by atoms with Crippen molar-refractivity contribution in [2.45, 2.75) is 33.7 Å². The van der Waals surface area contributed by atoms with Gasteiger partial charge in [-0.25, -0.2) is 4.79 Å². The molecule has 0 saturated heterocycles. The van der Waals surface area contributed by atoms with Crippen molar-refractivity contribution in [3.8, 4) is 0 Å². The van der Waals surface area contributed by atoms with Gasteiger partial charge < -0.3 is 10.6 Å². The van der Waals surface area contributed by atoms with Crippen molar-refractivity contribution < 1.29 is 9.59 Å². The number of imide groups is 1. The van der Waals surface area contributed by atoms with Crippen LogP contribution < -0.4 is 16.0 Å². The first-order chi connectivity index (χ1) is 8.88. The van der Waals surface area contributed by atoms with Gasteiger partial charge in [-0.3, -0.25) is 10.1 Å². The summed E-state index contributed by atoms with van der Waals surface area (Å²) in [4.78, 5) is 22.9. The summed E-state index contributed by atoms with van der Waals surface area (Å²) in [5.41, 5.74) is 3.13. The summed E-state index contributed by atoms with van der Waals surface area (Å²) in [7, 11) is 0. The molecule has 0 unspecified atom stereocenters. The van der Waals surface area contributed by atoms with Crippen molar-refractivity contribution in [2.75, 3.05) is 11.9 Å². The lowest BCUT2D eigenvalue weighted by molar-refractivity contribution is -0.118. The Hall–Kier alpha value is -2.04. The molecule has 19 heavy (non-hydrogen) atoms. The lowest BCUT2D eigenvalue weighted by Crippen LogP contribution is -2.44. The molecule has 0 atom stereocenters. The molecule has 3 N–H and O–H groups in total. The smallest absolute Gasteiger partial charge is 0.321 e. The van der Waals surface area contributed by atoms with E-state index in [4.69, 9.17) is 0 Å². The highest BCUT2D eigenvalue weighted by atomic mass is 16.2. The Bertz CT molecular complexity index is 470. The predicted octanol–water partition coefficient (Wildman–Crippen LogP) is 1.95. The van der Waals surface area contributed by atoms with Gasteiger partial charge in [-0.1, -0.05) is 17.7 Å².